The number of halogens is 2. The highest BCUT2D eigenvalue weighted by Crippen LogP contribution is 2.64. The van der Waals surface area contributed by atoms with Gasteiger partial charge in [0.25, 0.3) is 5.91 Å². The van der Waals surface area contributed by atoms with E-state index in [0.29, 0.717) is 11.5 Å². The average Bonchev–Trinajstić information content (AvgIpc) is 2.66. The van der Waals surface area contributed by atoms with E-state index in [0.717, 1.165) is 25.3 Å². The molecule has 1 aromatic carbocycles. The first-order valence-electron chi connectivity index (χ1n) is 9.43. The Bertz CT molecular complexity index is 955. The number of amides is 2. The maximum Gasteiger partial charge on any atom is 0.316 e. The van der Waals surface area contributed by atoms with Gasteiger partial charge in [-0.05, 0) is 37.3 Å². The molecule has 2 N–H and O–H groups in total. The predicted octanol–water partition coefficient (Wildman–Crippen LogP) is 2.39. The van der Waals surface area contributed by atoms with Crippen molar-refractivity contribution < 1.29 is 23.5 Å². The van der Waals surface area contributed by atoms with E-state index >= 15 is 0 Å². The summed E-state index contributed by atoms with van der Waals surface area (Å²) in [6.45, 7) is -0.377. The Hall–Kier alpha value is -2.94. The van der Waals surface area contributed by atoms with Crippen LogP contribution < -0.4 is 20.1 Å². The quantitative estimate of drug-likeness (QED) is 0.618. The van der Waals surface area contributed by atoms with Crippen molar-refractivity contribution >= 4 is 23.4 Å². The second-order valence-electron chi connectivity index (χ2n) is 7.60. The molecule has 5 rings (SSSR count). The molecule has 0 aliphatic heterocycles. The van der Waals surface area contributed by atoms with Gasteiger partial charge in [0, 0.05) is 24.0 Å². The van der Waals surface area contributed by atoms with E-state index in [4.69, 9.17) is 21.1 Å². The summed E-state index contributed by atoms with van der Waals surface area (Å²) < 4.78 is 23.8. The van der Waals surface area contributed by atoms with Gasteiger partial charge in [-0.2, -0.15) is 0 Å². The zero-order chi connectivity index (χ0) is 21.3. The summed E-state index contributed by atoms with van der Waals surface area (Å²) in [5.41, 5.74) is 0.166. The largest absolute Gasteiger partial charge is 0.484 e. The number of nitrogens with one attached hydrogen (secondary N) is 2. The van der Waals surface area contributed by atoms with Crippen molar-refractivity contribution in [2.45, 2.75) is 25.4 Å². The molecule has 1 unspecified atom stereocenters. The molecule has 3 aliphatic carbocycles. The lowest BCUT2D eigenvalue weighted by Gasteiger charge is -2.60. The Morgan fingerprint density at radius 1 is 1.27 bits per heavy atom. The van der Waals surface area contributed by atoms with Gasteiger partial charge in [-0.3, -0.25) is 9.59 Å². The van der Waals surface area contributed by atoms with Gasteiger partial charge in [0.1, 0.15) is 17.7 Å². The van der Waals surface area contributed by atoms with E-state index in [9.17, 15) is 14.0 Å². The maximum absolute atomic E-state index is 13.5. The number of hydrogen-bond donors (Lipinski definition) is 2. The zero-order valence-corrected chi connectivity index (χ0v) is 16.9. The van der Waals surface area contributed by atoms with E-state index in [1.807, 2.05) is 0 Å². The monoisotopic (exact) mass is 434 g/mol. The van der Waals surface area contributed by atoms with Crippen LogP contribution in [0.4, 0.5) is 4.39 Å². The minimum atomic E-state index is -0.838. The van der Waals surface area contributed by atoms with Crippen molar-refractivity contribution in [2.24, 2.45) is 11.3 Å². The van der Waals surface area contributed by atoms with E-state index in [1.165, 1.54) is 31.6 Å². The Labute approximate surface area is 177 Å². The molecule has 0 radical (unpaired) electrons. The van der Waals surface area contributed by atoms with E-state index < -0.39 is 17.9 Å². The molecule has 0 saturated heterocycles. The van der Waals surface area contributed by atoms with Gasteiger partial charge in [0.2, 0.25) is 5.91 Å². The minimum absolute atomic E-state index is 0.0392. The first-order chi connectivity index (χ1) is 14.4. The first kappa shape index (κ1) is 20.3. The lowest BCUT2D eigenvalue weighted by Crippen LogP contribution is -2.61. The topological polar surface area (TPSA) is 102 Å². The Morgan fingerprint density at radius 2 is 1.97 bits per heavy atom. The number of hydrogen-bond acceptors (Lipinski definition) is 6. The van der Waals surface area contributed by atoms with Crippen LogP contribution in [0.15, 0.2) is 30.6 Å². The summed E-state index contributed by atoms with van der Waals surface area (Å²) in [7, 11) is 1.44. The summed E-state index contributed by atoms with van der Waals surface area (Å²) in [5.74, 6) is -0.458. The van der Waals surface area contributed by atoms with Crippen LogP contribution in [0, 0.1) is 17.2 Å². The van der Waals surface area contributed by atoms with Crippen LogP contribution in [0.2, 0.25) is 5.02 Å². The standard InChI is InChI=1S/C20H20ClFN4O4/c1-29-19-23-8-12(9-24-19)17(26-18(28)20-5-11(6-20)7-20)25-16(27)10-30-13-2-3-14(21)15(22)4-13/h2-4,8-9,11,17H,5-7,10H2,1H3,(H,25,27)(H,26,28). The van der Waals surface area contributed by atoms with E-state index in [1.54, 1.807) is 0 Å². The molecule has 1 heterocycles. The van der Waals surface area contributed by atoms with Crippen LogP contribution in [0.5, 0.6) is 11.8 Å². The molecule has 3 saturated carbocycles. The normalized spacial score (nSPS) is 22.2. The summed E-state index contributed by atoms with van der Waals surface area (Å²) >= 11 is 5.64. The molecule has 2 aromatic rings. The number of aromatic nitrogens is 2. The molecule has 30 heavy (non-hydrogen) atoms. The van der Waals surface area contributed by atoms with Crippen LogP contribution in [0.1, 0.15) is 31.0 Å². The molecule has 1 aromatic heterocycles. The van der Waals surface area contributed by atoms with Crippen molar-refractivity contribution in [3.8, 4) is 11.8 Å². The minimum Gasteiger partial charge on any atom is -0.484 e. The number of carbonyl (C=O) groups is 2. The van der Waals surface area contributed by atoms with Crippen LogP contribution in [-0.4, -0.2) is 35.5 Å². The van der Waals surface area contributed by atoms with Gasteiger partial charge in [-0.25, -0.2) is 14.4 Å². The number of rotatable bonds is 8. The van der Waals surface area contributed by atoms with Gasteiger partial charge in [-0.15, -0.1) is 0 Å². The number of ether oxygens (including phenoxy) is 2. The van der Waals surface area contributed by atoms with Gasteiger partial charge in [0.05, 0.1) is 17.5 Å². The number of carbonyl (C=O) groups excluding carboxylic acids is 2. The highest BCUT2D eigenvalue weighted by molar-refractivity contribution is 6.30. The van der Waals surface area contributed by atoms with Crippen molar-refractivity contribution in [2.75, 3.05) is 13.7 Å². The fraction of sp³-hybridized carbons (Fsp3) is 0.400. The third-order valence-corrected chi connectivity index (χ3v) is 5.83. The number of benzene rings is 1. The van der Waals surface area contributed by atoms with Crippen LogP contribution in [0.3, 0.4) is 0 Å². The van der Waals surface area contributed by atoms with Gasteiger partial charge in [-0.1, -0.05) is 11.6 Å². The summed E-state index contributed by atoms with van der Waals surface area (Å²) in [6.07, 6.45) is 4.73. The van der Waals surface area contributed by atoms with Crippen molar-refractivity contribution in [1.29, 1.82) is 0 Å². The average molecular weight is 435 g/mol. The number of nitrogens with zero attached hydrogens (tertiary/aromatic N) is 2. The number of methoxy groups -OCH3 is 1. The molecule has 2 bridgehead atoms. The second-order valence-corrected chi connectivity index (χ2v) is 8.01. The fourth-order valence-electron chi connectivity index (χ4n) is 3.74. The highest BCUT2D eigenvalue weighted by atomic mass is 35.5. The van der Waals surface area contributed by atoms with Crippen LogP contribution in [-0.2, 0) is 9.59 Å². The first-order valence-corrected chi connectivity index (χ1v) is 9.80. The van der Waals surface area contributed by atoms with Crippen LogP contribution in [0.25, 0.3) is 0 Å². The third kappa shape index (κ3) is 4.02. The third-order valence-electron chi connectivity index (χ3n) is 5.53. The molecular formula is C20H20ClFN4O4. The molecule has 0 spiro atoms. The summed E-state index contributed by atoms with van der Waals surface area (Å²) in [4.78, 5) is 33.2. The van der Waals surface area contributed by atoms with E-state index in [-0.39, 0.29) is 34.7 Å². The second kappa shape index (κ2) is 8.06. The Balaban J connectivity index is 1.41. The molecule has 8 nitrogen and oxygen atoms in total. The van der Waals surface area contributed by atoms with Crippen molar-refractivity contribution in [1.82, 2.24) is 20.6 Å². The Kier molecular flexibility index (Phi) is 5.46. The lowest BCUT2D eigenvalue weighted by molar-refractivity contribution is -0.166. The fourth-order valence-corrected chi connectivity index (χ4v) is 3.86. The molecule has 3 fully saturated rings. The van der Waals surface area contributed by atoms with Gasteiger partial charge in [0.15, 0.2) is 6.61 Å². The van der Waals surface area contributed by atoms with Crippen molar-refractivity contribution in [3.05, 3.63) is 47.0 Å². The smallest absolute Gasteiger partial charge is 0.316 e. The molecule has 10 heteroatoms. The highest BCUT2D eigenvalue weighted by Gasteiger charge is 2.61. The molecular weight excluding hydrogens is 415 g/mol. The van der Waals surface area contributed by atoms with E-state index in [2.05, 4.69) is 20.6 Å². The Morgan fingerprint density at radius 3 is 2.53 bits per heavy atom. The van der Waals surface area contributed by atoms with Gasteiger partial charge >= 0.3 is 6.01 Å². The zero-order valence-electron chi connectivity index (χ0n) is 16.2. The molecule has 1 atom stereocenters. The summed E-state index contributed by atoms with van der Waals surface area (Å²) in [6, 6.07) is 4.06. The maximum atomic E-state index is 13.5. The molecule has 2 amide bonds. The predicted molar refractivity (Wildman–Crippen MR) is 104 cm³/mol. The van der Waals surface area contributed by atoms with Crippen LogP contribution >= 0.6 is 11.6 Å². The lowest BCUT2D eigenvalue weighted by atomic mass is 9.44. The molecule has 3 aliphatic rings. The van der Waals surface area contributed by atoms with Crippen molar-refractivity contribution in [3.63, 3.8) is 0 Å². The molecule has 158 valence electrons. The van der Waals surface area contributed by atoms with Gasteiger partial charge < -0.3 is 20.1 Å². The SMILES string of the molecule is COc1ncc(C(NC(=O)COc2ccc(Cl)c(F)c2)NC(=O)C23CC(C2)C3)cn1. The summed E-state index contributed by atoms with van der Waals surface area (Å²) in [5, 5.41) is 5.53.